The number of rotatable bonds is 4. The zero-order valence-electron chi connectivity index (χ0n) is 11.2. The van der Waals surface area contributed by atoms with Crippen molar-refractivity contribution in [2.75, 3.05) is 30.3 Å². The minimum absolute atomic E-state index is 0.127. The first-order valence-corrected chi connectivity index (χ1v) is 7.12. The average Bonchev–Trinajstić information content (AvgIpc) is 3.21. The summed E-state index contributed by atoms with van der Waals surface area (Å²) in [4.78, 5) is 14.1. The Morgan fingerprint density at radius 1 is 1.42 bits per heavy atom. The second kappa shape index (κ2) is 5.11. The molecular formula is C15H21N3O. The number of nitrogen functional groups attached to an aromatic ring is 1. The maximum atomic E-state index is 12.0. The lowest BCUT2D eigenvalue weighted by molar-refractivity contribution is -0.119. The van der Waals surface area contributed by atoms with Crippen LogP contribution in [0, 0.1) is 5.92 Å². The molecule has 0 spiro atoms. The molecule has 1 fully saturated rings. The van der Waals surface area contributed by atoms with Crippen LogP contribution in [-0.4, -0.2) is 25.5 Å². The number of aryl methyl sites for hydroxylation is 1. The summed E-state index contributed by atoms with van der Waals surface area (Å²) in [5.41, 5.74) is 9.06. The van der Waals surface area contributed by atoms with Crippen LogP contribution in [0.1, 0.15) is 24.8 Å². The van der Waals surface area contributed by atoms with Gasteiger partial charge in [-0.05, 0) is 49.3 Å². The van der Waals surface area contributed by atoms with Crippen molar-refractivity contribution in [2.24, 2.45) is 5.92 Å². The van der Waals surface area contributed by atoms with Crippen LogP contribution in [0.4, 0.5) is 11.4 Å². The molecule has 0 aromatic heterocycles. The van der Waals surface area contributed by atoms with Crippen LogP contribution in [0.15, 0.2) is 18.2 Å². The molecule has 0 unspecified atom stereocenters. The van der Waals surface area contributed by atoms with E-state index in [-0.39, 0.29) is 5.91 Å². The second-order valence-corrected chi connectivity index (χ2v) is 5.66. The highest BCUT2D eigenvalue weighted by Gasteiger charge is 2.23. The molecule has 1 aliphatic heterocycles. The van der Waals surface area contributed by atoms with E-state index in [0.29, 0.717) is 6.54 Å². The first kappa shape index (κ1) is 12.3. The summed E-state index contributed by atoms with van der Waals surface area (Å²) in [5, 5.41) is 3.03. The lowest BCUT2D eigenvalue weighted by Gasteiger charge is -2.31. The predicted molar refractivity (Wildman–Crippen MR) is 77.1 cm³/mol. The van der Waals surface area contributed by atoms with Gasteiger partial charge in [0.15, 0.2) is 0 Å². The van der Waals surface area contributed by atoms with Crippen LogP contribution in [0.2, 0.25) is 0 Å². The van der Waals surface area contributed by atoms with Gasteiger partial charge in [-0.3, -0.25) is 4.79 Å². The van der Waals surface area contributed by atoms with E-state index in [9.17, 15) is 4.79 Å². The van der Waals surface area contributed by atoms with Crippen molar-refractivity contribution in [1.29, 1.82) is 0 Å². The van der Waals surface area contributed by atoms with Gasteiger partial charge in [-0.25, -0.2) is 0 Å². The number of amides is 1. The quantitative estimate of drug-likeness (QED) is 0.807. The van der Waals surface area contributed by atoms with E-state index in [1.165, 1.54) is 18.4 Å². The minimum Gasteiger partial charge on any atom is -0.399 e. The SMILES string of the molecule is Nc1ccc2c(c1)N(CC(=O)NCC1CC1)CCC2. The number of nitrogens with one attached hydrogen (secondary N) is 1. The Kier molecular flexibility index (Phi) is 3.32. The number of benzene rings is 1. The zero-order chi connectivity index (χ0) is 13.2. The first-order chi connectivity index (χ1) is 9.22. The normalized spacial score (nSPS) is 18.0. The topological polar surface area (TPSA) is 58.4 Å². The third-order valence-corrected chi connectivity index (χ3v) is 3.94. The summed E-state index contributed by atoms with van der Waals surface area (Å²) in [5.74, 6) is 0.857. The van der Waals surface area contributed by atoms with Gasteiger partial charge in [0, 0.05) is 24.5 Å². The van der Waals surface area contributed by atoms with Crippen LogP contribution in [0.25, 0.3) is 0 Å². The molecule has 1 heterocycles. The molecule has 1 aromatic rings. The maximum absolute atomic E-state index is 12.0. The summed E-state index contributed by atoms with van der Waals surface area (Å²) in [6, 6.07) is 6.01. The number of carbonyl (C=O) groups is 1. The van der Waals surface area contributed by atoms with Crippen LogP contribution in [-0.2, 0) is 11.2 Å². The largest absolute Gasteiger partial charge is 0.399 e. The van der Waals surface area contributed by atoms with Gasteiger partial charge in [0.05, 0.1) is 6.54 Å². The van der Waals surface area contributed by atoms with E-state index >= 15 is 0 Å². The number of fused-ring (bicyclic) bond motifs is 1. The fourth-order valence-electron chi connectivity index (χ4n) is 2.64. The van der Waals surface area contributed by atoms with Gasteiger partial charge < -0.3 is 16.0 Å². The molecule has 102 valence electrons. The fraction of sp³-hybridized carbons (Fsp3) is 0.533. The molecule has 3 rings (SSSR count). The number of nitrogens with two attached hydrogens (primary N) is 1. The Morgan fingerprint density at radius 3 is 3.05 bits per heavy atom. The van der Waals surface area contributed by atoms with Crippen molar-refractivity contribution in [1.82, 2.24) is 5.32 Å². The van der Waals surface area contributed by atoms with Gasteiger partial charge in [0.25, 0.3) is 0 Å². The summed E-state index contributed by atoms with van der Waals surface area (Å²) in [6.07, 6.45) is 4.72. The van der Waals surface area contributed by atoms with E-state index in [2.05, 4.69) is 16.3 Å². The van der Waals surface area contributed by atoms with Crippen molar-refractivity contribution >= 4 is 17.3 Å². The van der Waals surface area contributed by atoms with Crippen LogP contribution >= 0.6 is 0 Å². The maximum Gasteiger partial charge on any atom is 0.239 e. The van der Waals surface area contributed by atoms with Gasteiger partial charge in [0.2, 0.25) is 5.91 Å². The first-order valence-electron chi connectivity index (χ1n) is 7.12. The molecule has 0 atom stereocenters. The van der Waals surface area contributed by atoms with Crippen LogP contribution in [0.5, 0.6) is 0 Å². The summed E-state index contributed by atoms with van der Waals surface area (Å²) >= 11 is 0. The van der Waals surface area contributed by atoms with Crippen LogP contribution < -0.4 is 16.0 Å². The molecule has 4 nitrogen and oxygen atoms in total. The Labute approximate surface area is 114 Å². The molecule has 1 aromatic carbocycles. The van der Waals surface area contributed by atoms with E-state index < -0.39 is 0 Å². The molecular weight excluding hydrogens is 238 g/mol. The third-order valence-electron chi connectivity index (χ3n) is 3.94. The van der Waals surface area contributed by atoms with Gasteiger partial charge in [-0.2, -0.15) is 0 Å². The minimum atomic E-state index is 0.127. The van der Waals surface area contributed by atoms with Crippen molar-refractivity contribution in [3.63, 3.8) is 0 Å². The zero-order valence-corrected chi connectivity index (χ0v) is 11.2. The lowest BCUT2D eigenvalue weighted by Crippen LogP contribution is -2.40. The number of anilines is 2. The van der Waals surface area contributed by atoms with Crippen molar-refractivity contribution in [3.05, 3.63) is 23.8 Å². The monoisotopic (exact) mass is 259 g/mol. The molecule has 2 aliphatic rings. The Hall–Kier alpha value is -1.71. The molecule has 1 saturated carbocycles. The standard InChI is InChI=1S/C15H21N3O/c16-13-6-5-12-2-1-7-18(14(12)8-13)10-15(19)17-9-11-3-4-11/h5-6,8,11H,1-4,7,9-10,16H2,(H,17,19). The Morgan fingerprint density at radius 2 is 2.26 bits per heavy atom. The summed E-state index contributed by atoms with van der Waals surface area (Å²) in [6.45, 7) is 2.23. The van der Waals surface area contributed by atoms with Crippen LogP contribution in [0.3, 0.4) is 0 Å². The van der Waals surface area contributed by atoms with E-state index in [1.807, 2.05) is 12.1 Å². The molecule has 1 amide bonds. The summed E-state index contributed by atoms with van der Waals surface area (Å²) < 4.78 is 0. The van der Waals surface area contributed by atoms with Gasteiger partial charge >= 0.3 is 0 Å². The van der Waals surface area contributed by atoms with Crippen molar-refractivity contribution < 1.29 is 4.79 Å². The average molecular weight is 259 g/mol. The number of carbonyl (C=O) groups excluding carboxylic acids is 1. The highest BCUT2D eigenvalue weighted by atomic mass is 16.2. The fourth-order valence-corrected chi connectivity index (χ4v) is 2.64. The highest BCUT2D eigenvalue weighted by Crippen LogP contribution is 2.29. The molecule has 0 radical (unpaired) electrons. The molecule has 4 heteroatoms. The molecule has 3 N–H and O–H groups in total. The smallest absolute Gasteiger partial charge is 0.239 e. The summed E-state index contributed by atoms with van der Waals surface area (Å²) in [7, 11) is 0. The second-order valence-electron chi connectivity index (χ2n) is 5.66. The predicted octanol–water partition coefficient (Wildman–Crippen LogP) is 1.55. The number of hydrogen-bond acceptors (Lipinski definition) is 3. The Bertz CT molecular complexity index is 482. The van der Waals surface area contributed by atoms with E-state index in [1.54, 1.807) is 0 Å². The van der Waals surface area contributed by atoms with Gasteiger partial charge in [-0.15, -0.1) is 0 Å². The number of hydrogen-bond donors (Lipinski definition) is 2. The number of nitrogens with zero attached hydrogens (tertiary/aromatic N) is 1. The highest BCUT2D eigenvalue weighted by molar-refractivity contribution is 5.82. The molecule has 1 aliphatic carbocycles. The molecule has 19 heavy (non-hydrogen) atoms. The van der Waals surface area contributed by atoms with Crippen molar-refractivity contribution in [2.45, 2.75) is 25.7 Å². The van der Waals surface area contributed by atoms with E-state index in [0.717, 1.165) is 43.2 Å². The van der Waals surface area contributed by atoms with Crippen molar-refractivity contribution in [3.8, 4) is 0 Å². The lowest BCUT2D eigenvalue weighted by atomic mass is 10.0. The van der Waals surface area contributed by atoms with Gasteiger partial charge in [-0.1, -0.05) is 6.07 Å². The third kappa shape index (κ3) is 3.00. The molecule has 0 bridgehead atoms. The van der Waals surface area contributed by atoms with Gasteiger partial charge in [0.1, 0.15) is 0 Å². The van der Waals surface area contributed by atoms with E-state index in [4.69, 9.17) is 5.73 Å². The Balaban J connectivity index is 1.64. The molecule has 0 saturated heterocycles.